The Bertz CT molecular complexity index is 1000. The van der Waals surface area contributed by atoms with E-state index in [0.717, 1.165) is 5.56 Å². The van der Waals surface area contributed by atoms with Gasteiger partial charge in [-0.05, 0) is 57.9 Å². The minimum absolute atomic E-state index is 0.0956. The normalized spacial score (nSPS) is 11.3. The second-order valence-electron chi connectivity index (χ2n) is 5.43. The molecule has 0 atom stereocenters. The molecule has 0 spiro atoms. The maximum absolute atomic E-state index is 13.0. The quantitative estimate of drug-likeness (QED) is 0.636. The predicted molar refractivity (Wildman–Crippen MR) is 99.2 cm³/mol. The Kier molecular flexibility index (Phi) is 5.28. The molecule has 0 aliphatic rings. The zero-order chi connectivity index (χ0) is 18.7. The number of hydrogen-bond donors (Lipinski definition) is 1. The molecule has 1 N–H and O–H groups in total. The number of sulfonamides is 1. The van der Waals surface area contributed by atoms with Crippen LogP contribution in [0.15, 0.2) is 64.1 Å². The van der Waals surface area contributed by atoms with E-state index in [1.54, 1.807) is 35.1 Å². The topological polar surface area (TPSA) is 73.2 Å². The minimum atomic E-state index is -3.79. The summed E-state index contributed by atoms with van der Waals surface area (Å²) >= 11 is 3.30. The standard InChI is InChI=1S/C17H15BrFN3O3S/c1-25-14-6-8-15(9-7-14)26(23,24)21-17-16(18)11-22(20-17)10-12-2-4-13(19)5-3-12/h2-9,11H,10H2,1H3,(H,20,21). The van der Waals surface area contributed by atoms with Crippen LogP contribution in [0, 0.1) is 5.82 Å². The molecule has 0 aliphatic carbocycles. The van der Waals surface area contributed by atoms with Crippen LogP contribution in [0.4, 0.5) is 10.2 Å². The third kappa shape index (κ3) is 4.23. The summed E-state index contributed by atoms with van der Waals surface area (Å²) < 4.78 is 47.5. The van der Waals surface area contributed by atoms with Crippen molar-refractivity contribution in [1.82, 2.24) is 9.78 Å². The molecular formula is C17H15BrFN3O3S. The maximum Gasteiger partial charge on any atom is 0.263 e. The second kappa shape index (κ2) is 7.46. The van der Waals surface area contributed by atoms with E-state index < -0.39 is 10.0 Å². The fourth-order valence-corrected chi connectivity index (χ4v) is 3.83. The highest BCUT2D eigenvalue weighted by Gasteiger charge is 2.18. The summed E-state index contributed by atoms with van der Waals surface area (Å²) in [4.78, 5) is 0.0956. The second-order valence-corrected chi connectivity index (χ2v) is 7.97. The number of ether oxygens (including phenoxy) is 1. The van der Waals surface area contributed by atoms with E-state index in [1.165, 1.54) is 31.4 Å². The van der Waals surface area contributed by atoms with E-state index in [-0.39, 0.29) is 16.5 Å². The number of benzene rings is 2. The lowest BCUT2D eigenvalue weighted by molar-refractivity contribution is 0.414. The number of halogens is 2. The summed E-state index contributed by atoms with van der Waals surface area (Å²) in [5.41, 5.74) is 0.839. The number of aromatic nitrogens is 2. The highest BCUT2D eigenvalue weighted by Crippen LogP contribution is 2.24. The Hall–Kier alpha value is -2.39. The van der Waals surface area contributed by atoms with Crippen molar-refractivity contribution in [3.8, 4) is 5.75 Å². The third-order valence-corrected chi connectivity index (χ3v) is 5.51. The van der Waals surface area contributed by atoms with Crippen molar-refractivity contribution in [1.29, 1.82) is 0 Å². The highest BCUT2D eigenvalue weighted by molar-refractivity contribution is 9.10. The minimum Gasteiger partial charge on any atom is -0.497 e. The van der Waals surface area contributed by atoms with Crippen LogP contribution in [-0.2, 0) is 16.6 Å². The van der Waals surface area contributed by atoms with E-state index in [0.29, 0.717) is 16.8 Å². The predicted octanol–water partition coefficient (Wildman–Crippen LogP) is 3.64. The Balaban J connectivity index is 1.78. The summed E-state index contributed by atoms with van der Waals surface area (Å²) in [7, 11) is -2.28. The van der Waals surface area contributed by atoms with Gasteiger partial charge in [-0.2, -0.15) is 5.10 Å². The number of methoxy groups -OCH3 is 1. The first-order valence-electron chi connectivity index (χ1n) is 7.51. The summed E-state index contributed by atoms with van der Waals surface area (Å²) in [5, 5.41) is 4.23. The van der Waals surface area contributed by atoms with Crippen LogP contribution < -0.4 is 9.46 Å². The molecule has 0 aliphatic heterocycles. The molecule has 0 bridgehead atoms. The molecule has 1 heterocycles. The molecule has 1 aromatic heterocycles. The van der Waals surface area contributed by atoms with Gasteiger partial charge in [0.2, 0.25) is 0 Å². The van der Waals surface area contributed by atoms with Gasteiger partial charge in [-0.25, -0.2) is 12.8 Å². The van der Waals surface area contributed by atoms with Crippen LogP contribution in [0.2, 0.25) is 0 Å². The monoisotopic (exact) mass is 439 g/mol. The first-order valence-corrected chi connectivity index (χ1v) is 9.79. The van der Waals surface area contributed by atoms with Gasteiger partial charge < -0.3 is 4.74 Å². The molecule has 9 heteroatoms. The van der Waals surface area contributed by atoms with Crippen LogP contribution in [0.5, 0.6) is 5.75 Å². The SMILES string of the molecule is COc1ccc(S(=O)(=O)Nc2nn(Cc3ccc(F)cc3)cc2Br)cc1. The van der Waals surface area contributed by atoms with E-state index in [2.05, 4.69) is 25.8 Å². The molecule has 3 rings (SSSR count). The Morgan fingerprint density at radius 3 is 2.42 bits per heavy atom. The molecule has 0 unspecified atom stereocenters. The van der Waals surface area contributed by atoms with Crippen LogP contribution in [0.25, 0.3) is 0 Å². The van der Waals surface area contributed by atoms with Gasteiger partial charge in [0.15, 0.2) is 5.82 Å². The molecule has 2 aromatic carbocycles. The number of hydrogen-bond acceptors (Lipinski definition) is 4. The van der Waals surface area contributed by atoms with E-state index >= 15 is 0 Å². The van der Waals surface area contributed by atoms with Gasteiger partial charge in [-0.15, -0.1) is 0 Å². The van der Waals surface area contributed by atoms with Crippen LogP contribution in [0.3, 0.4) is 0 Å². The third-order valence-electron chi connectivity index (χ3n) is 3.58. The van der Waals surface area contributed by atoms with Crippen molar-refractivity contribution in [3.05, 3.63) is 70.6 Å². The Labute approximate surface area is 158 Å². The average Bonchev–Trinajstić information content (AvgIpc) is 2.95. The van der Waals surface area contributed by atoms with E-state index in [9.17, 15) is 12.8 Å². The lowest BCUT2D eigenvalue weighted by Gasteiger charge is -2.07. The summed E-state index contributed by atoms with van der Waals surface area (Å²) in [6.07, 6.45) is 1.65. The Morgan fingerprint density at radius 2 is 1.81 bits per heavy atom. The molecule has 0 saturated heterocycles. The van der Waals surface area contributed by atoms with E-state index in [1.807, 2.05) is 0 Å². The van der Waals surface area contributed by atoms with Crippen molar-refractivity contribution in [2.45, 2.75) is 11.4 Å². The Morgan fingerprint density at radius 1 is 1.15 bits per heavy atom. The fraction of sp³-hybridized carbons (Fsp3) is 0.118. The average molecular weight is 440 g/mol. The highest BCUT2D eigenvalue weighted by atomic mass is 79.9. The van der Waals surface area contributed by atoms with Crippen molar-refractivity contribution in [2.24, 2.45) is 0 Å². The fourth-order valence-electron chi connectivity index (χ4n) is 2.27. The van der Waals surface area contributed by atoms with Crippen molar-refractivity contribution < 1.29 is 17.5 Å². The lowest BCUT2D eigenvalue weighted by atomic mass is 10.2. The van der Waals surface area contributed by atoms with Gasteiger partial charge >= 0.3 is 0 Å². The van der Waals surface area contributed by atoms with Crippen LogP contribution in [-0.4, -0.2) is 25.3 Å². The van der Waals surface area contributed by atoms with Gasteiger partial charge in [0.1, 0.15) is 11.6 Å². The molecular weight excluding hydrogens is 425 g/mol. The van der Waals surface area contributed by atoms with Crippen LogP contribution >= 0.6 is 15.9 Å². The summed E-state index contributed by atoms with van der Waals surface area (Å²) in [6.45, 7) is 0.378. The maximum atomic E-state index is 13.0. The first kappa shape index (κ1) is 18.4. The van der Waals surface area contributed by atoms with Crippen molar-refractivity contribution in [2.75, 3.05) is 11.8 Å². The molecule has 136 valence electrons. The number of nitrogens with one attached hydrogen (secondary N) is 1. The number of anilines is 1. The van der Waals surface area contributed by atoms with Gasteiger partial charge in [-0.3, -0.25) is 9.40 Å². The number of rotatable bonds is 6. The van der Waals surface area contributed by atoms with Gasteiger partial charge in [0.25, 0.3) is 10.0 Å². The summed E-state index contributed by atoms with van der Waals surface area (Å²) in [6, 6.07) is 12.0. The van der Waals surface area contributed by atoms with Crippen LogP contribution in [0.1, 0.15) is 5.56 Å². The van der Waals surface area contributed by atoms with Crippen molar-refractivity contribution in [3.63, 3.8) is 0 Å². The molecule has 0 amide bonds. The molecule has 0 fully saturated rings. The zero-order valence-electron chi connectivity index (χ0n) is 13.7. The lowest BCUT2D eigenvalue weighted by Crippen LogP contribution is -2.14. The largest absolute Gasteiger partial charge is 0.497 e. The number of nitrogens with zero attached hydrogens (tertiary/aromatic N) is 2. The molecule has 0 saturated carbocycles. The zero-order valence-corrected chi connectivity index (χ0v) is 16.1. The van der Waals surface area contributed by atoms with E-state index in [4.69, 9.17) is 4.74 Å². The summed E-state index contributed by atoms with van der Waals surface area (Å²) in [5.74, 6) is 0.417. The molecule has 6 nitrogen and oxygen atoms in total. The smallest absolute Gasteiger partial charge is 0.263 e. The first-order chi connectivity index (χ1) is 12.4. The van der Waals surface area contributed by atoms with Gasteiger partial charge in [0, 0.05) is 6.20 Å². The van der Waals surface area contributed by atoms with Crippen molar-refractivity contribution >= 4 is 31.8 Å². The van der Waals surface area contributed by atoms with Gasteiger partial charge in [0.05, 0.1) is 23.0 Å². The molecule has 3 aromatic rings. The van der Waals surface area contributed by atoms with Gasteiger partial charge in [-0.1, -0.05) is 12.1 Å². The molecule has 0 radical (unpaired) electrons. The molecule has 26 heavy (non-hydrogen) atoms.